The molecule has 0 fully saturated rings. The Hall–Kier alpha value is -0.480. The van der Waals surface area contributed by atoms with Crippen LogP contribution in [0.1, 0.15) is 10.4 Å². The molecule has 0 aromatic heterocycles. The summed E-state index contributed by atoms with van der Waals surface area (Å²) in [5.41, 5.74) is 0.610. The van der Waals surface area contributed by atoms with Crippen LogP contribution in [-0.2, 0) is 10.8 Å². The summed E-state index contributed by atoms with van der Waals surface area (Å²) in [6.07, 6.45) is 1.52. The average Bonchev–Trinajstić information content (AvgIpc) is 2.04. The summed E-state index contributed by atoms with van der Waals surface area (Å²) in [5, 5.41) is 0. The van der Waals surface area contributed by atoms with Gasteiger partial charge in [-0.25, -0.2) is 0 Å². The van der Waals surface area contributed by atoms with E-state index in [-0.39, 0.29) is 11.5 Å². The van der Waals surface area contributed by atoms with Crippen LogP contribution in [0.5, 0.6) is 0 Å². The van der Waals surface area contributed by atoms with Crippen LogP contribution in [0, 0.1) is 0 Å². The Kier molecular flexibility index (Phi) is 3.81. The van der Waals surface area contributed by atoms with Crippen LogP contribution in [0.4, 0.5) is 0 Å². The molecule has 0 aliphatic carbocycles. The average molecular weight is 261 g/mol. The van der Waals surface area contributed by atoms with Crippen molar-refractivity contribution in [3.8, 4) is 0 Å². The number of ketones is 1. The molecule has 0 aliphatic heterocycles. The second-order valence-electron chi connectivity index (χ2n) is 2.65. The zero-order valence-electron chi connectivity index (χ0n) is 7.12. The molecule has 0 heterocycles. The minimum atomic E-state index is -1.06. The van der Waals surface area contributed by atoms with Gasteiger partial charge in [0, 0.05) is 27.1 Å². The molecule has 0 N–H and O–H groups in total. The molecule has 1 aromatic rings. The third-order valence-corrected chi connectivity index (χ3v) is 2.70. The lowest BCUT2D eigenvalue weighted by atomic mass is 10.2. The van der Waals surface area contributed by atoms with Gasteiger partial charge in [0.2, 0.25) is 0 Å². The first kappa shape index (κ1) is 10.6. The standard InChI is InChI=1S/C9H9BrO2S/c1-13(12)6-9(11)7-2-4-8(10)5-3-7/h2-5H,6H2,1H3. The first-order valence-electron chi connectivity index (χ1n) is 3.68. The third kappa shape index (κ3) is 3.40. The van der Waals surface area contributed by atoms with Crippen LogP contribution in [0.3, 0.4) is 0 Å². The Morgan fingerprint density at radius 3 is 2.38 bits per heavy atom. The van der Waals surface area contributed by atoms with Crippen molar-refractivity contribution in [2.75, 3.05) is 12.0 Å². The normalized spacial score (nSPS) is 12.5. The number of rotatable bonds is 3. The van der Waals surface area contributed by atoms with Crippen molar-refractivity contribution in [2.24, 2.45) is 0 Å². The highest BCUT2D eigenvalue weighted by atomic mass is 79.9. The fourth-order valence-electron chi connectivity index (χ4n) is 0.904. The first-order chi connectivity index (χ1) is 6.09. The predicted octanol–water partition coefficient (Wildman–Crippen LogP) is 2.01. The van der Waals surface area contributed by atoms with Crippen LogP contribution < -0.4 is 0 Å². The minimum Gasteiger partial charge on any atom is -0.293 e. The van der Waals surface area contributed by atoms with Crippen LogP contribution in [0.25, 0.3) is 0 Å². The van der Waals surface area contributed by atoms with E-state index < -0.39 is 10.8 Å². The molecule has 0 radical (unpaired) electrons. The van der Waals surface area contributed by atoms with Crippen LogP contribution in [0.2, 0.25) is 0 Å². The molecule has 13 heavy (non-hydrogen) atoms. The van der Waals surface area contributed by atoms with E-state index in [0.29, 0.717) is 5.56 Å². The van der Waals surface area contributed by atoms with E-state index in [2.05, 4.69) is 15.9 Å². The maximum absolute atomic E-state index is 11.4. The lowest BCUT2D eigenvalue weighted by molar-refractivity contribution is 0.102. The van der Waals surface area contributed by atoms with E-state index in [9.17, 15) is 9.00 Å². The monoisotopic (exact) mass is 260 g/mol. The highest BCUT2D eigenvalue weighted by Gasteiger charge is 2.06. The molecule has 2 nitrogen and oxygen atoms in total. The Balaban J connectivity index is 2.78. The largest absolute Gasteiger partial charge is 0.293 e. The second-order valence-corrected chi connectivity index (χ2v) is 5.00. The number of Topliss-reactive ketones (excluding diaryl/α,β-unsaturated/α-hetero) is 1. The van der Waals surface area contributed by atoms with Crippen molar-refractivity contribution >= 4 is 32.5 Å². The third-order valence-electron chi connectivity index (χ3n) is 1.50. The molecule has 4 heteroatoms. The molecular weight excluding hydrogens is 252 g/mol. The maximum atomic E-state index is 11.4. The summed E-state index contributed by atoms with van der Waals surface area (Å²) in [4.78, 5) is 11.4. The molecule has 0 amide bonds. The molecule has 1 rings (SSSR count). The predicted molar refractivity (Wildman–Crippen MR) is 57.4 cm³/mol. The molecule has 0 saturated heterocycles. The fraction of sp³-hybridized carbons (Fsp3) is 0.222. The Morgan fingerprint density at radius 2 is 1.92 bits per heavy atom. The molecule has 1 atom stereocenters. The zero-order valence-corrected chi connectivity index (χ0v) is 9.52. The van der Waals surface area contributed by atoms with Crippen molar-refractivity contribution in [3.05, 3.63) is 34.3 Å². The Labute approximate surface area is 87.9 Å². The lowest BCUT2D eigenvalue weighted by Gasteiger charge is -1.98. The molecule has 0 aliphatic rings. The fourth-order valence-corrected chi connectivity index (χ4v) is 1.70. The van der Waals surface area contributed by atoms with Gasteiger partial charge in [-0.15, -0.1) is 0 Å². The quantitative estimate of drug-likeness (QED) is 0.780. The molecule has 0 spiro atoms. The molecule has 70 valence electrons. The van der Waals surface area contributed by atoms with Gasteiger partial charge in [-0.1, -0.05) is 28.1 Å². The summed E-state index contributed by atoms with van der Waals surface area (Å²) < 4.78 is 11.7. The van der Waals surface area contributed by atoms with E-state index in [4.69, 9.17) is 0 Å². The van der Waals surface area contributed by atoms with E-state index >= 15 is 0 Å². The minimum absolute atomic E-state index is 0.0756. The SMILES string of the molecule is CS(=O)CC(=O)c1ccc(Br)cc1. The molecule has 0 saturated carbocycles. The van der Waals surface area contributed by atoms with Gasteiger partial charge in [0.25, 0.3) is 0 Å². The molecule has 1 unspecified atom stereocenters. The van der Waals surface area contributed by atoms with Gasteiger partial charge < -0.3 is 0 Å². The van der Waals surface area contributed by atoms with Gasteiger partial charge in [-0.3, -0.25) is 9.00 Å². The van der Waals surface area contributed by atoms with Crippen molar-refractivity contribution in [3.63, 3.8) is 0 Å². The number of halogens is 1. The number of benzene rings is 1. The lowest BCUT2D eigenvalue weighted by Crippen LogP contribution is -2.09. The van der Waals surface area contributed by atoms with Gasteiger partial charge in [0.1, 0.15) is 0 Å². The first-order valence-corrected chi connectivity index (χ1v) is 6.20. The van der Waals surface area contributed by atoms with E-state index in [0.717, 1.165) is 4.47 Å². The van der Waals surface area contributed by atoms with Crippen LogP contribution in [-0.4, -0.2) is 22.0 Å². The smallest absolute Gasteiger partial charge is 0.175 e. The van der Waals surface area contributed by atoms with Gasteiger partial charge in [-0.05, 0) is 12.1 Å². The highest BCUT2D eigenvalue weighted by Crippen LogP contribution is 2.10. The van der Waals surface area contributed by atoms with Crippen molar-refractivity contribution in [1.82, 2.24) is 0 Å². The summed E-state index contributed by atoms with van der Waals surface area (Å²) in [7, 11) is -1.06. The number of hydrogen-bond acceptors (Lipinski definition) is 2. The van der Waals surface area contributed by atoms with Crippen LogP contribution >= 0.6 is 15.9 Å². The second kappa shape index (κ2) is 4.67. The zero-order chi connectivity index (χ0) is 9.84. The molecular formula is C9H9BrO2S. The maximum Gasteiger partial charge on any atom is 0.175 e. The number of hydrogen-bond donors (Lipinski definition) is 0. The van der Waals surface area contributed by atoms with Gasteiger partial charge in [0.05, 0.1) is 5.75 Å². The Bertz CT molecular complexity index is 332. The number of carbonyl (C=O) groups is 1. The van der Waals surface area contributed by atoms with E-state index in [1.807, 2.05) is 0 Å². The topological polar surface area (TPSA) is 34.1 Å². The van der Waals surface area contributed by atoms with Crippen molar-refractivity contribution in [1.29, 1.82) is 0 Å². The van der Waals surface area contributed by atoms with E-state index in [1.165, 1.54) is 6.26 Å². The van der Waals surface area contributed by atoms with Gasteiger partial charge >= 0.3 is 0 Å². The highest BCUT2D eigenvalue weighted by molar-refractivity contribution is 9.10. The molecule has 1 aromatic carbocycles. The summed E-state index contributed by atoms with van der Waals surface area (Å²) >= 11 is 3.27. The molecule has 0 bridgehead atoms. The van der Waals surface area contributed by atoms with Crippen molar-refractivity contribution < 1.29 is 9.00 Å². The summed E-state index contributed by atoms with van der Waals surface area (Å²) in [6, 6.07) is 7.04. The summed E-state index contributed by atoms with van der Waals surface area (Å²) in [5.74, 6) is 0.0232. The van der Waals surface area contributed by atoms with Crippen molar-refractivity contribution in [2.45, 2.75) is 0 Å². The van der Waals surface area contributed by atoms with E-state index in [1.54, 1.807) is 24.3 Å². The number of carbonyl (C=O) groups excluding carboxylic acids is 1. The Morgan fingerprint density at radius 1 is 1.38 bits per heavy atom. The van der Waals surface area contributed by atoms with Crippen LogP contribution in [0.15, 0.2) is 28.7 Å². The summed E-state index contributed by atoms with van der Waals surface area (Å²) in [6.45, 7) is 0. The van der Waals surface area contributed by atoms with Gasteiger partial charge in [-0.2, -0.15) is 0 Å². The van der Waals surface area contributed by atoms with Gasteiger partial charge in [0.15, 0.2) is 5.78 Å².